The van der Waals surface area contributed by atoms with Crippen LogP contribution in [0.2, 0.25) is 0 Å². The van der Waals surface area contributed by atoms with Gasteiger partial charge in [-0.1, -0.05) is 116 Å². The van der Waals surface area contributed by atoms with Gasteiger partial charge in [-0.25, -0.2) is 4.79 Å². The molecule has 5 rings (SSSR count). The van der Waals surface area contributed by atoms with E-state index in [2.05, 4.69) is 71.0 Å². The molecule has 1 aliphatic heterocycles. The molecule has 0 saturated carbocycles. The Morgan fingerprint density at radius 3 is 1.92 bits per heavy atom. The Hall–Kier alpha value is -4.54. The number of aliphatic hydroxyl groups is 1. The van der Waals surface area contributed by atoms with Gasteiger partial charge in [-0.2, -0.15) is 0 Å². The molecule has 0 radical (unpaired) electrons. The van der Waals surface area contributed by atoms with Crippen molar-refractivity contribution in [3.63, 3.8) is 0 Å². The summed E-state index contributed by atoms with van der Waals surface area (Å²) in [5.41, 5.74) is 6.11. The predicted molar refractivity (Wildman–Crippen MR) is 183 cm³/mol. The van der Waals surface area contributed by atoms with Crippen molar-refractivity contribution in [3.8, 4) is 0 Å². The Kier molecular flexibility index (Phi) is 12.7. The second-order valence-corrected chi connectivity index (χ2v) is 12.0. The minimum atomic E-state index is -0.612. The number of ether oxygens (including phenoxy) is 3. The number of carbonyl (C=O) groups is 2. The lowest BCUT2D eigenvalue weighted by atomic mass is 9.89. The number of nitrogens with zero attached hydrogens (tertiary/aromatic N) is 1. The van der Waals surface area contributed by atoms with Crippen LogP contribution in [0.25, 0.3) is 0 Å². The van der Waals surface area contributed by atoms with E-state index >= 15 is 0 Å². The summed E-state index contributed by atoms with van der Waals surface area (Å²) in [5.74, 6) is -0.449. The predicted octanol–water partition coefficient (Wildman–Crippen LogP) is 6.04. The average molecular weight is 652 g/mol. The van der Waals surface area contributed by atoms with Gasteiger partial charge in [0.1, 0.15) is 6.54 Å². The van der Waals surface area contributed by atoms with E-state index in [4.69, 9.17) is 14.2 Å². The zero-order valence-corrected chi connectivity index (χ0v) is 27.6. The SMILES string of the molecule is CCOC(=O)CNC(=O)NCc1ccc([C@@H]2O[C@H](CN(Cc3ccccc3)Cc3ccccc3)[C@H](C)[C@H](c3ccc(CO)cc3)O2)cc1. The van der Waals surface area contributed by atoms with E-state index < -0.39 is 18.3 Å². The first kappa shape index (κ1) is 34.8. The first-order valence-corrected chi connectivity index (χ1v) is 16.5. The largest absolute Gasteiger partial charge is 0.465 e. The van der Waals surface area contributed by atoms with Crippen LogP contribution >= 0.6 is 0 Å². The number of hydrogen-bond acceptors (Lipinski definition) is 7. The number of aliphatic hydroxyl groups excluding tert-OH is 1. The molecule has 4 aromatic carbocycles. The van der Waals surface area contributed by atoms with Gasteiger partial charge in [-0.15, -0.1) is 0 Å². The van der Waals surface area contributed by atoms with E-state index in [1.165, 1.54) is 11.1 Å². The van der Waals surface area contributed by atoms with Gasteiger partial charge in [0.2, 0.25) is 0 Å². The summed E-state index contributed by atoms with van der Waals surface area (Å²) >= 11 is 0. The molecule has 0 spiro atoms. The Morgan fingerprint density at radius 1 is 0.750 bits per heavy atom. The average Bonchev–Trinajstić information content (AvgIpc) is 3.12. The third-order valence-electron chi connectivity index (χ3n) is 8.46. The fraction of sp³-hybridized carbons (Fsp3) is 0.333. The number of amides is 2. The second-order valence-electron chi connectivity index (χ2n) is 12.0. The Morgan fingerprint density at radius 2 is 1.33 bits per heavy atom. The monoisotopic (exact) mass is 651 g/mol. The third-order valence-corrected chi connectivity index (χ3v) is 8.46. The molecule has 1 aliphatic rings. The number of hydrogen-bond donors (Lipinski definition) is 3. The third kappa shape index (κ3) is 9.98. The molecule has 48 heavy (non-hydrogen) atoms. The first-order chi connectivity index (χ1) is 23.4. The van der Waals surface area contributed by atoms with Crippen molar-refractivity contribution in [2.45, 2.75) is 58.6 Å². The maximum absolute atomic E-state index is 12.1. The van der Waals surface area contributed by atoms with E-state index in [0.29, 0.717) is 6.54 Å². The molecule has 4 atom stereocenters. The van der Waals surface area contributed by atoms with Gasteiger partial charge in [0, 0.05) is 37.7 Å². The summed E-state index contributed by atoms with van der Waals surface area (Å²) in [4.78, 5) is 26.1. The smallest absolute Gasteiger partial charge is 0.325 e. The van der Waals surface area contributed by atoms with Crippen LogP contribution in [0, 0.1) is 5.92 Å². The molecule has 1 heterocycles. The van der Waals surface area contributed by atoms with Crippen LogP contribution in [0.5, 0.6) is 0 Å². The normalized spacial score (nSPS) is 19.1. The summed E-state index contributed by atoms with van der Waals surface area (Å²) < 4.78 is 18.3. The van der Waals surface area contributed by atoms with Gasteiger partial charge in [0.15, 0.2) is 6.29 Å². The van der Waals surface area contributed by atoms with Gasteiger partial charge in [0.05, 0.1) is 25.4 Å². The lowest BCUT2D eigenvalue weighted by Gasteiger charge is -2.43. The fourth-order valence-electron chi connectivity index (χ4n) is 5.85. The quantitative estimate of drug-likeness (QED) is 0.143. The summed E-state index contributed by atoms with van der Waals surface area (Å²) in [6, 6.07) is 36.2. The molecular formula is C39H45N3O6. The minimum absolute atomic E-state index is 0.0160. The highest BCUT2D eigenvalue weighted by atomic mass is 16.7. The molecule has 4 aromatic rings. The fourth-order valence-corrected chi connectivity index (χ4v) is 5.85. The molecule has 1 saturated heterocycles. The van der Waals surface area contributed by atoms with E-state index in [0.717, 1.165) is 35.3 Å². The molecule has 3 N–H and O–H groups in total. The molecule has 0 aliphatic carbocycles. The maximum Gasteiger partial charge on any atom is 0.325 e. The molecule has 9 heteroatoms. The molecular weight excluding hydrogens is 606 g/mol. The van der Waals surface area contributed by atoms with Crippen LogP contribution in [0.15, 0.2) is 109 Å². The van der Waals surface area contributed by atoms with Gasteiger partial charge < -0.3 is 30.0 Å². The first-order valence-electron chi connectivity index (χ1n) is 16.5. The van der Waals surface area contributed by atoms with Crippen molar-refractivity contribution < 1.29 is 28.9 Å². The molecule has 2 amide bonds. The summed E-state index contributed by atoms with van der Waals surface area (Å²) in [5, 5.41) is 14.9. The van der Waals surface area contributed by atoms with E-state index in [1.807, 2.05) is 60.7 Å². The van der Waals surface area contributed by atoms with Crippen molar-refractivity contribution in [1.29, 1.82) is 0 Å². The number of esters is 1. The second kappa shape index (κ2) is 17.6. The maximum atomic E-state index is 12.1. The number of benzene rings is 4. The molecule has 9 nitrogen and oxygen atoms in total. The van der Waals surface area contributed by atoms with Gasteiger partial charge in [-0.05, 0) is 34.7 Å². The van der Waals surface area contributed by atoms with Crippen molar-refractivity contribution in [2.24, 2.45) is 5.92 Å². The van der Waals surface area contributed by atoms with E-state index in [9.17, 15) is 14.7 Å². The van der Waals surface area contributed by atoms with Crippen molar-refractivity contribution in [2.75, 3.05) is 19.7 Å². The van der Waals surface area contributed by atoms with Crippen molar-refractivity contribution in [3.05, 3.63) is 143 Å². The Bertz CT molecular complexity index is 1530. The molecule has 0 unspecified atom stereocenters. The van der Waals surface area contributed by atoms with Crippen LogP contribution in [-0.4, -0.2) is 47.8 Å². The summed E-state index contributed by atoms with van der Waals surface area (Å²) in [7, 11) is 0. The van der Waals surface area contributed by atoms with Crippen LogP contribution in [0.3, 0.4) is 0 Å². The summed E-state index contributed by atoms with van der Waals surface area (Å²) in [6.45, 7) is 6.49. The topological polar surface area (TPSA) is 109 Å². The molecule has 0 aromatic heterocycles. The number of carbonyl (C=O) groups excluding carboxylic acids is 2. The lowest BCUT2D eigenvalue weighted by Crippen LogP contribution is -2.44. The Balaban J connectivity index is 1.33. The van der Waals surface area contributed by atoms with Crippen LogP contribution in [-0.2, 0) is 45.2 Å². The van der Waals surface area contributed by atoms with E-state index in [1.54, 1.807) is 6.92 Å². The van der Waals surface area contributed by atoms with Crippen LogP contribution in [0.4, 0.5) is 4.79 Å². The lowest BCUT2D eigenvalue weighted by molar-refractivity contribution is -0.276. The standard InChI is InChI=1S/C39H45N3O6/c1-3-46-36(44)23-41-39(45)40-22-29-14-20-34(21-15-29)38-47-35(28(2)37(48-38)33-18-16-32(27-43)17-19-33)26-42(24-30-10-6-4-7-11-30)25-31-12-8-5-9-13-31/h4-21,28,35,37-38,43H,3,22-27H2,1-2H3,(H2,40,41,45)/t28-,35+,37+,38+/m0/s1. The van der Waals surface area contributed by atoms with Crippen molar-refractivity contribution >= 4 is 12.0 Å². The summed E-state index contributed by atoms with van der Waals surface area (Å²) in [6.07, 6.45) is -0.997. The molecule has 0 bridgehead atoms. The number of rotatable bonds is 14. The Labute approximate surface area is 282 Å². The van der Waals surface area contributed by atoms with E-state index in [-0.39, 0.29) is 44.4 Å². The van der Waals surface area contributed by atoms with Gasteiger partial charge in [-0.3, -0.25) is 9.69 Å². The zero-order chi connectivity index (χ0) is 33.7. The van der Waals surface area contributed by atoms with Crippen LogP contribution in [0.1, 0.15) is 59.6 Å². The van der Waals surface area contributed by atoms with Crippen molar-refractivity contribution in [1.82, 2.24) is 15.5 Å². The number of nitrogens with one attached hydrogen (secondary N) is 2. The highest BCUT2D eigenvalue weighted by Gasteiger charge is 2.39. The zero-order valence-electron chi connectivity index (χ0n) is 27.6. The van der Waals surface area contributed by atoms with Gasteiger partial charge in [0.25, 0.3) is 0 Å². The van der Waals surface area contributed by atoms with Gasteiger partial charge >= 0.3 is 12.0 Å². The number of urea groups is 1. The van der Waals surface area contributed by atoms with Crippen LogP contribution < -0.4 is 10.6 Å². The highest BCUT2D eigenvalue weighted by Crippen LogP contribution is 2.42. The highest BCUT2D eigenvalue weighted by molar-refractivity contribution is 5.80. The molecule has 1 fully saturated rings. The molecule has 252 valence electrons. The minimum Gasteiger partial charge on any atom is -0.465 e.